The Balaban J connectivity index is 1.28. The van der Waals surface area contributed by atoms with E-state index >= 15 is 0 Å². The van der Waals surface area contributed by atoms with Gasteiger partial charge < -0.3 is 14.2 Å². The summed E-state index contributed by atoms with van der Waals surface area (Å²) < 4.78 is 16.1. The monoisotopic (exact) mass is 504 g/mol. The highest BCUT2D eigenvalue weighted by Gasteiger charge is 2.04. The summed E-state index contributed by atoms with van der Waals surface area (Å²) in [5, 5.41) is 0. The first-order valence-corrected chi connectivity index (χ1v) is 12.2. The molecule has 0 unspecified atom stereocenters. The number of hydrogen-bond donors (Lipinski definition) is 0. The second-order valence-electron chi connectivity index (χ2n) is 8.48. The van der Waals surface area contributed by atoms with Crippen LogP contribution in [0.15, 0.2) is 122 Å². The third-order valence-corrected chi connectivity index (χ3v) is 5.88. The van der Waals surface area contributed by atoms with Crippen molar-refractivity contribution in [3.05, 3.63) is 133 Å². The van der Waals surface area contributed by atoms with E-state index in [2.05, 4.69) is 49.6 Å². The van der Waals surface area contributed by atoms with Crippen LogP contribution in [0, 0.1) is 0 Å². The average Bonchev–Trinajstić information content (AvgIpc) is 2.97. The van der Waals surface area contributed by atoms with Crippen LogP contribution in [-0.4, -0.2) is 18.5 Å². The molecule has 0 fully saturated rings. The van der Waals surface area contributed by atoms with E-state index < -0.39 is 11.9 Å². The molecule has 5 heteroatoms. The van der Waals surface area contributed by atoms with Gasteiger partial charge in [0, 0.05) is 18.6 Å². The Hall–Kier alpha value is -4.90. The zero-order valence-corrected chi connectivity index (χ0v) is 21.0. The molecule has 0 spiro atoms. The summed E-state index contributed by atoms with van der Waals surface area (Å²) in [6.45, 7) is 7.59. The fraction of sp³-hybridized carbons (Fsp3) is 0.0909. The highest BCUT2D eigenvalue weighted by atomic mass is 16.5. The highest BCUT2D eigenvalue weighted by molar-refractivity contribution is 5.83. The van der Waals surface area contributed by atoms with Crippen molar-refractivity contribution in [2.75, 3.05) is 6.61 Å². The van der Waals surface area contributed by atoms with Crippen LogP contribution in [0.2, 0.25) is 0 Å². The largest absolute Gasteiger partial charge is 0.489 e. The Morgan fingerprint density at radius 1 is 0.579 bits per heavy atom. The number of benzene rings is 4. The lowest BCUT2D eigenvalue weighted by Crippen LogP contribution is -2.04. The Kier molecular flexibility index (Phi) is 8.87. The number of hydrogen-bond acceptors (Lipinski definition) is 5. The van der Waals surface area contributed by atoms with Gasteiger partial charge in [0.25, 0.3) is 0 Å². The van der Waals surface area contributed by atoms with Gasteiger partial charge in [-0.3, -0.25) is 0 Å². The third kappa shape index (κ3) is 7.31. The van der Waals surface area contributed by atoms with E-state index in [1.807, 2.05) is 48.5 Å². The molecule has 0 atom stereocenters. The zero-order valence-electron chi connectivity index (χ0n) is 21.0. The molecule has 0 bridgehead atoms. The van der Waals surface area contributed by atoms with Crippen LogP contribution >= 0.6 is 0 Å². The molecule has 0 saturated heterocycles. The molecule has 0 N–H and O–H groups in total. The molecule has 0 aromatic heterocycles. The topological polar surface area (TPSA) is 61.8 Å². The molecule has 4 rings (SSSR count). The minimum atomic E-state index is -0.482. The first-order chi connectivity index (χ1) is 18.5. The van der Waals surface area contributed by atoms with Crippen molar-refractivity contribution < 1.29 is 23.8 Å². The van der Waals surface area contributed by atoms with Gasteiger partial charge in [-0.25, -0.2) is 9.59 Å². The van der Waals surface area contributed by atoms with E-state index in [1.165, 1.54) is 6.08 Å². The van der Waals surface area contributed by atoms with E-state index in [4.69, 9.17) is 14.2 Å². The first-order valence-electron chi connectivity index (χ1n) is 12.2. The third-order valence-electron chi connectivity index (χ3n) is 5.88. The van der Waals surface area contributed by atoms with E-state index in [0.29, 0.717) is 25.4 Å². The van der Waals surface area contributed by atoms with E-state index in [1.54, 1.807) is 12.1 Å². The molecule has 0 radical (unpaired) electrons. The lowest BCUT2D eigenvalue weighted by atomic mass is 10.0. The van der Waals surface area contributed by atoms with Crippen molar-refractivity contribution >= 4 is 11.9 Å². The summed E-state index contributed by atoms with van der Waals surface area (Å²) in [4.78, 5) is 22.5. The SMILES string of the molecule is C=CC(=O)OCCc1ccc(-c2ccc(COc3ccc(-c4ccc(OC(=O)C=C)cc4)cc3)cc2)cc1. The summed E-state index contributed by atoms with van der Waals surface area (Å²) >= 11 is 0. The molecule has 0 heterocycles. The number of carbonyl (C=O) groups excluding carboxylic acids is 2. The van der Waals surface area contributed by atoms with Crippen LogP contribution < -0.4 is 9.47 Å². The summed E-state index contributed by atoms with van der Waals surface area (Å²) in [5.41, 5.74) is 6.46. The molecule has 0 saturated carbocycles. The molecular formula is C33H28O5. The molecule has 0 aliphatic rings. The maximum atomic E-state index is 11.3. The minimum absolute atomic E-state index is 0.337. The molecule has 4 aromatic rings. The zero-order chi connectivity index (χ0) is 26.7. The van der Waals surface area contributed by atoms with E-state index in [9.17, 15) is 9.59 Å². The standard InChI is InChI=1S/C33H28O5/c1-3-32(34)36-22-21-24-5-9-26(10-6-24)27-11-7-25(8-12-27)23-37-30-17-13-28(14-18-30)29-15-19-31(20-16-29)38-33(35)4-2/h3-20H,1-2,21-23H2. The Morgan fingerprint density at radius 3 is 1.53 bits per heavy atom. The molecule has 4 aromatic carbocycles. The van der Waals surface area contributed by atoms with Gasteiger partial charge in [0.2, 0.25) is 0 Å². The number of rotatable bonds is 11. The molecule has 0 aliphatic heterocycles. The van der Waals surface area contributed by atoms with Crippen LogP contribution in [0.4, 0.5) is 0 Å². The average molecular weight is 505 g/mol. The van der Waals surface area contributed by atoms with E-state index in [0.717, 1.165) is 45.2 Å². The Labute approximate surface area is 222 Å². The number of carbonyl (C=O) groups is 2. The van der Waals surface area contributed by atoms with Crippen LogP contribution in [0.5, 0.6) is 11.5 Å². The summed E-state index contributed by atoms with van der Waals surface area (Å²) in [7, 11) is 0. The summed E-state index contributed by atoms with van der Waals surface area (Å²) in [6, 6.07) is 31.7. The van der Waals surface area contributed by atoms with Gasteiger partial charge in [0.05, 0.1) is 6.61 Å². The van der Waals surface area contributed by atoms with Crippen molar-refractivity contribution in [1.29, 1.82) is 0 Å². The quantitative estimate of drug-likeness (QED) is 0.125. The van der Waals surface area contributed by atoms with Gasteiger partial charge in [-0.15, -0.1) is 0 Å². The predicted molar refractivity (Wildman–Crippen MR) is 149 cm³/mol. The second-order valence-corrected chi connectivity index (χ2v) is 8.48. The Bertz CT molecular complexity index is 1380. The van der Waals surface area contributed by atoms with Crippen LogP contribution in [0.3, 0.4) is 0 Å². The molecular weight excluding hydrogens is 476 g/mol. The lowest BCUT2D eigenvalue weighted by Gasteiger charge is -2.09. The number of esters is 2. The molecule has 5 nitrogen and oxygen atoms in total. The fourth-order valence-electron chi connectivity index (χ4n) is 3.77. The Morgan fingerprint density at radius 2 is 1.03 bits per heavy atom. The van der Waals surface area contributed by atoms with E-state index in [-0.39, 0.29) is 0 Å². The maximum absolute atomic E-state index is 11.3. The van der Waals surface area contributed by atoms with Crippen molar-refractivity contribution in [1.82, 2.24) is 0 Å². The van der Waals surface area contributed by atoms with Gasteiger partial charge in [0.1, 0.15) is 18.1 Å². The van der Waals surface area contributed by atoms with Crippen LogP contribution in [0.1, 0.15) is 11.1 Å². The minimum Gasteiger partial charge on any atom is -0.489 e. The molecule has 190 valence electrons. The van der Waals surface area contributed by atoms with Gasteiger partial charge in [0.15, 0.2) is 0 Å². The van der Waals surface area contributed by atoms with Gasteiger partial charge in [-0.05, 0) is 57.6 Å². The smallest absolute Gasteiger partial charge is 0.335 e. The first kappa shape index (κ1) is 26.2. The molecule has 0 amide bonds. The van der Waals surface area contributed by atoms with Crippen molar-refractivity contribution in [3.63, 3.8) is 0 Å². The summed E-state index contributed by atoms with van der Waals surface area (Å²) in [5.74, 6) is 0.374. The molecule has 38 heavy (non-hydrogen) atoms. The molecule has 0 aliphatic carbocycles. The van der Waals surface area contributed by atoms with Crippen LogP contribution in [0.25, 0.3) is 22.3 Å². The highest BCUT2D eigenvalue weighted by Crippen LogP contribution is 2.26. The van der Waals surface area contributed by atoms with Crippen LogP contribution in [-0.2, 0) is 27.4 Å². The summed E-state index contributed by atoms with van der Waals surface area (Å²) in [6.07, 6.45) is 2.97. The van der Waals surface area contributed by atoms with Gasteiger partial charge in [-0.2, -0.15) is 0 Å². The predicted octanol–water partition coefficient (Wildman–Crippen LogP) is 6.96. The lowest BCUT2D eigenvalue weighted by molar-refractivity contribution is -0.137. The van der Waals surface area contributed by atoms with Gasteiger partial charge in [-0.1, -0.05) is 86.0 Å². The van der Waals surface area contributed by atoms with Crippen molar-refractivity contribution in [2.24, 2.45) is 0 Å². The normalized spacial score (nSPS) is 10.3. The van der Waals surface area contributed by atoms with Crippen molar-refractivity contribution in [2.45, 2.75) is 13.0 Å². The van der Waals surface area contributed by atoms with Gasteiger partial charge >= 0.3 is 11.9 Å². The maximum Gasteiger partial charge on any atom is 0.335 e. The fourth-order valence-corrected chi connectivity index (χ4v) is 3.77. The van der Waals surface area contributed by atoms with Crippen molar-refractivity contribution in [3.8, 4) is 33.8 Å². The second kappa shape index (κ2) is 12.9. The number of ether oxygens (including phenoxy) is 3.